The highest BCUT2D eigenvalue weighted by molar-refractivity contribution is 6.18. The van der Waals surface area contributed by atoms with Crippen LogP contribution >= 0.6 is 11.6 Å². The van der Waals surface area contributed by atoms with Crippen molar-refractivity contribution in [3.63, 3.8) is 0 Å². The van der Waals surface area contributed by atoms with E-state index >= 15 is 0 Å². The first-order valence-electron chi connectivity index (χ1n) is 7.53. The lowest BCUT2D eigenvalue weighted by atomic mass is 9.87. The zero-order chi connectivity index (χ0) is 15.6. The van der Waals surface area contributed by atoms with Crippen molar-refractivity contribution in [2.75, 3.05) is 5.88 Å². The summed E-state index contributed by atoms with van der Waals surface area (Å²) in [4.78, 5) is 8.14. The standard InChI is InChI=1S/C18H25ClN2/c1-12(11-19)10-16-13(2)20-17(21-16)14-6-8-15(9-7-14)18(3,4)5/h6-9,12H,10-11H2,1-5H3,(H,20,21). The Morgan fingerprint density at radius 2 is 1.81 bits per heavy atom. The lowest BCUT2D eigenvalue weighted by Gasteiger charge is -2.18. The highest BCUT2D eigenvalue weighted by Crippen LogP contribution is 2.26. The van der Waals surface area contributed by atoms with Gasteiger partial charge in [0.05, 0.1) is 5.69 Å². The maximum atomic E-state index is 5.90. The van der Waals surface area contributed by atoms with Gasteiger partial charge in [-0.25, -0.2) is 4.98 Å². The van der Waals surface area contributed by atoms with Gasteiger partial charge in [0.15, 0.2) is 0 Å². The number of H-pyrrole nitrogens is 1. The van der Waals surface area contributed by atoms with Gasteiger partial charge >= 0.3 is 0 Å². The Hall–Kier alpha value is -1.28. The molecule has 0 amide bonds. The van der Waals surface area contributed by atoms with Gasteiger partial charge in [-0.1, -0.05) is 52.0 Å². The van der Waals surface area contributed by atoms with Crippen LogP contribution in [0.25, 0.3) is 11.4 Å². The number of aryl methyl sites for hydroxylation is 1. The molecule has 21 heavy (non-hydrogen) atoms. The Kier molecular flexibility index (Phi) is 4.77. The lowest BCUT2D eigenvalue weighted by Crippen LogP contribution is -2.10. The van der Waals surface area contributed by atoms with Gasteiger partial charge in [-0.2, -0.15) is 0 Å². The third kappa shape index (κ3) is 3.88. The molecule has 1 atom stereocenters. The second-order valence-corrected chi connectivity index (χ2v) is 7.26. The Morgan fingerprint density at radius 1 is 1.19 bits per heavy atom. The Bertz CT molecular complexity index is 591. The fourth-order valence-corrected chi connectivity index (χ4v) is 2.45. The van der Waals surface area contributed by atoms with Crippen molar-refractivity contribution in [3.8, 4) is 11.4 Å². The van der Waals surface area contributed by atoms with Crippen LogP contribution in [-0.4, -0.2) is 15.8 Å². The maximum Gasteiger partial charge on any atom is 0.137 e. The predicted octanol–water partition coefficient (Wildman–Crippen LogP) is 5.10. The third-order valence-corrected chi connectivity index (χ3v) is 4.34. The van der Waals surface area contributed by atoms with E-state index in [1.54, 1.807) is 0 Å². The highest BCUT2D eigenvalue weighted by atomic mass is 35.5. The van der Waals surface area contributed by atoms with E-state index in [4.69, 9.17) is 16.6 Å². The van der Waals surface area contributed by atoms with E-state index in [9.17, 15) is 0 Å². The van der Waals surface area contributed by atoms with Crippen molar-refractivity contribution in [1.82, 2.24) is 9.97 Å². The molecule has 0 fully saturated rings. The van der Waals surface area contributed by atoms with Gasteiger partial charge in [0.25, 0.3) is 0 Å². The Labute approximate surface area is 133 Å². The highest BCUT2D eigenvalue weighted by Gasteiger charge is 2.15. The van der Waals surface area contributed by atoms with Gasteiger partial charge in [-0.15, -0.1) is 11.6 Å². The molecule has 1 aromatic heterocycles. The fourth-order valence-electron chi connectivity index (χ4n) is 2.34. The molecule has 2 aromatic rings. The monoisotopic (exact) mass is 304 g/mol. The second-order valence-electron chi connectivity index (χ2n) is 6.95. The zero-order valence-corrected chi connectivity index (χ0v) is 14.4. The van der Waals surface area contributed by atoms with E-state index in [1.807, 2.05) is 0 Å². The van der Waals surface area contributed by atoms with Gasteiger partial charge in [0, 0.05) is 17.1 Å². The molecule has 0 aliphatic rings. The molecule has 2 nitrogen and oxygen atoms in total. The molecule has 1 aromatic carbocycles. The van der Waals surface area contributed by atoms with Crippen molar-refractivity contribution in [2.24, 2.45) is 5.92 Å². The summed E-state index contributed by atoms with van der Waals surface area (Å²) in [5.41, 5.74) is 4.92. The summed E-state index contributed by atoms with van der Waals surface area (Å²) in [7, 11) is 0. The van der Waals surface area contributed by atoms with Crippen molar-refractivity contribution < 1.29 is 0 Å². The number of hydrogen-bond acceptors (Lipinski definition) is 1. The van der Waals surface area contributed by atoms with Crippen LogP contribution in [0.4, 0.5) is 0 Å². The Morgan fingerprint density at radius 3 is 2.33 bits per heavy atom. The van der Waals surface area contributed by atoms with E-state index in [0.29, 0.717) is 11.8 Å². The third-order valence-electron chi connectivity index (χ3n) is 3.82. The molecule has 1 heterocycles. The molecule has 0 bridgehead atoms. The first-order valence-corrected chi connectivity index (χ1v) is 8.07. The van der Waals surface area contributed by atoms with Crippen LogP contribution in [0, 0.1) is 12.8 Å². The molecule has 0 saturated heterocycles. The van der Waals surface area contributed by atoms with Crippen LogP contribution in [0.5, 0.6) is 0 Å². The average Bonchev–Trinajstić information content (AvgIpc) is 2.79. The van der Waals surface area contributed by atoms with Gasteiger partial charge in [0.1, 0.15) is 5.82 Å². The van der Waals surface area contributed by atoms with Crippen molar-refractivity contribution >= 4 is 11.6 Å². The number of aromatic nitrogens is 2. The minimum atomic E-state index is 0.179. The molecule has 1 unspecified atom stereocenters. The molecule has 1 N–H and O–H groups in total. The minimum Gasteiger partial charge on any atom is -0.342 e. The fraction of sp³-hybridized carbons (Fsp3) is 0.500. The Balaban J connectivity index is 2.24. The molecule has 0 aliphatic carbocycles. The summed E-state index contributed by atoms with van der Waals surface area (Å²) in [5.74, 6) is 2.07. The summed E-state index contributed by atoms with van der Waals surface area (Å²) in [6.07, 6.45) is 0.923. The van der Waals surface area contributed by atoms with Crippen LogP contribution in [0.15, 0.2) is 24.3 Å². The van der Waals surface area contributed by atoms with E-state index in [2.05, 4.69) is 63.9 Å². The zero-order valence-electron chi connectivity index (χ0n) is 13.6. The SMILES string of the molecule is Cc1[nH]c(-c2ccc(C(C)(C)C)cc2)nc1CC(C)CCl. The number of alkyl halides is 1. The predicted molar refractivity (Wildman–Crippen MR) is 91.0 cm³/mol. The van der Waals surface area contributed by atoms with Crippen LogP contribution in [-0.2, 0) is 11.8 Å². The average molecular weight is 305 g/mol. The molecule has 0 saturated carbocycles. The first kappa shape index (κ1) is 16.1. The number of imidazole rings is 1. The number of nitrogens with one attached hydrogen (secondary N) is 1. The van der Waals surface area contributed by atoms with Gasteiger partial charge in [-0.05, 0) is 30.2 Å². The number of benzene rings is 1. The topological polar surface area (TPSA) is 28.7 Å². The van der Waals surface area contributed by atoms with Crippen LogP contribution in [0.1, 0.15) is 44.6 Å². The number of hydrogen-bond donors (Lipinski definition) is 1. The number of halogens is 1. The molecule has 2 rings (SSSR count). The maximum absolute atomic E-state index is 5.90. The summed E-state index contributed by atoms with van der Waals surface area (Å²) >= 11 is 5.90. The van der Waals surface area contributed by atoms with Crippen molar-refractivity contribution in [3.05, 3.63) is 41.2 Å². The largest absolute Gasteiger partial charge is 0.342 e. The second kappa shape index (κ2) is 6.23. The van der Waals surface area contributed by atoms with Gasteiger partial charge in [-0.3, -0.25) is 0 Å². The summed E-state index contributed by atoms with van der Waals surface area (Å²) in [6.45, 7) is 10.9. The van der Waals surface area contributed by atoms with Gasteiger partial charge in [0.2, 0.25) is 0 Å². The lowest BCUT2D eigenvalue weighted by molar-refractivity contribution is 0.590. The molecule has 3 heteroatoms. The molecule has 114 valence electrons. The molecule has 0 aliphatic heterocycles. The van der Waals surface area contributed by atoms with Crippen LogP contribution in [0.2, 0.25) is 0 Å². The van der Waals surface area contributed by atoms with E-state index in [1.165, 1.54) is 5.56 Å². The quantitative estimate of drug-likeness (QED) is 0.782. The van der Waals surface area contributed by atoms with E-state index < -0.39 is 0 Å². The molecular weight excluding hydrogens is 280 g/mol. The summed E-state index contributed by atoms with van der Waals surface area (Å²) in [6, 6.07) is 8.67. The van der Waals surface area contributed by atoms with E-state index in [0.717, 1.165) is 29.2 Å². The first-order chi connectivity index (χ1) is 9.81. The minimum absolute atomic E-state index is 0.179. The van der Waals surface area contributed by atoms with Crippen LogP contribution in [0.3, 0.4) is 0 Å². The number of nitrogens with zero attached hydrogens (tertiary/aromatic N) is 1. The molecular formula is C18H25ClN2. The van der Waals surface area contributed by atoms with Crippen LogP contribution < -0.4 is 0 Å². The van der Waals surface area contributed by atoms with Crippen molar-refractivity contribution in [2.45, 2.75) is 46.5 Å². The van der Waals surface area contributed by atoms with E-state index in [-0.39, 0.29) is 5.41 Å². The smallest absolute Gasteiger partial charge is 0.137 e. The summed E-state index contributed by atoms with van der Waals surface area (Å²) in [5, 5.41) is 0. The van der Waals surface area contributed by atoms with Crippen molar-refractivity contribution in [1.29, 1.82) is 0 Å². The molecule has 0 spiro atoms. The number of rotatable bonds is 4. The normalized spacial score (nSPS) is 13.4. The van der Waals surface area contributed by atoms with Gasteiger partial charge < -0.3 is 4.98 Å². The molecule has 0 radical (unpaired) electrons. The number of aromatic amines is 1. The summed E-state index contributed by atoms with van der Waals surface area (Å²) < 4.78 is 0.